The molecule has 0 saturated carbocycles. The number of hydrogen-bond donors (Lipinski definition) is 2. The molecule has 0 bridgehead atoms. The number of amides is 2. The predicted molar refractivity (Wildman–Crippen MR) is 102 cm³/mol. The van der Waals surface area contributed by atoms with Gasteiger partial charge in [0.15, 0.2) is 0 Å². The molecule has 0 aromatic heterocycles. The van der Waals surface area contributed by atoms with Gasteiger partial charge in [0.05, 0.1) is 12.8 Å². The molecule has 1 aliphatic heterocycles. The molecule has 0 spiro atoms. The standard InChI is InChI=1S/C19H22ClN3O2/c1-25-18-5-3-2-4-17(18)23-11-10-14(13-23)12-21-19(24)22-16-8-6-15(20)7-9-16/h2-9,14H,10-13H2,1H3,(H2,21,22,24). The molecule has 1 fully saturated rings. The van der Waals surface area contributed by atoms with E-state index in [0.717, 1.165) is 36.6 Å². The lowest BCUT2D eigenvalue weighted by atomic mass is 10.1. The molecule has 1 unspecified atom stereocenters. The summed E-state index contributed by atoms with van der Waals surface area (Å²) in [7, 11) is 1.69. The van der Waals surface area contributed by atoms with Crippen molar-refractivity contribution >= 4 is 29.0 Å². The van der Waals surface area contributed by atoms with Crippen LogP contribution in [0.5, 0.6) is 5.75 Å². The van der Waals surface area contributed by atoms with E-state index in [2.05, 4.69) is 21.6 Å². The van der Waals surface area contributed by atoms with Gasteiger partial charge < -0.3 is 20.3 Å². The van der Waals surface area contributed by atoms with Crippen molar-refractivity contribution in [2.75, 3.05) is 37.0 Å². The Balaban J connectivity index is 1.48. The van der Waals surface area contributed by atoms with E-state index in [1.807, 2.05) is 18.2 Å². The quantitative estimate of drug-likeness (QED) is 0.848. The van der Waals surface area contributed by atoms with Gasteiger partial charge in [-0.3, -0.25) is 0 Å². The third-order valence-corrected chi connectivity index (χ3v) is 4.62. The van der Waals surface area contributed by atoms with E-state index in [1.165, 1.54) is 0 Å². The summed E-state index contributed by atoms with van der Waals surface area (Å²) in [4.78, 5) is 14.3. The number of para-hydroxylation sites is 2. The molecular weight excluding hydrogens is 338 g/mol. The second-order valence-corrected chi connectivity index (χ2v) is 6.55. The number of ether oxygens (including phenoxy) is 1. The SMILES string of the molecule is COc1ccccc1N1CCC(CNC(=O)Nc2ccc(Cl)cc2)C1. The Morgan fingerprint density at radius 2 is 2.00 bits per heavy atom. The molecule has 1 atom stereocenters. The number of halogens is 1. The number of rotatable bonds is 5. The third kappa shape index (κ3) is 4.57. The van der Waals surface area contributed by atoms with Gasteiger partial charge in [0, 0.05) is 30.3 Å². The van der Waals surface area contributed by atoms with E-state index in [1.54, 1.807) is 31.4 Å². The van der Waals surface area contributed by atoms with Crippen LogP contribution in [0.4, 0.5) is 16.2 Å². The molecule has 2 aromatic rings. The zero-order valence-corrected chi connectivity index (χ0v) is 14.9. The number of nitrogens with one attached hydrogen (secondary N) is 2. The lowest BCUT2D eigenvalue weighted by Crippen LogP contribution is -2.34. The normalized spacial score (nSPS) is 16.6. The average Bonchev–Trinajstić information content (AvgIpc) is 3.11. The molecule has 1 saturated heterocycles. The van der Waals surface area contributed by atoms with Crippen molar-refractivity contribution in [3.8, 4) is 5.75 Å². The maximum Gasteiger partial charge on any atom is 0.319 e. The van der Waals surface area contributed by atoms with Crippen LogP contribution in [-0.2, 0) is 0 Å². The molecule has 1 aliphatic rings. The van der Waals surface area contributed by atoms with Crippen molar-refractivity contribution in [2.45, 2.75) is 6.42 Å². The lowest BCUT2D eigenvalue weighted by Gasteiger charge is -2.21. The number of carbonyl (C=O) groups is 1. The molecule has 2 amide bonds. The van der Waals surface area contributed by atoms with Gasteiger partial charge in [-0.15, -0.1) is 0 Å². The Labute approximate surface area is 152 Å². The number of anilines is 2. The summed E-state index contributed by atoms with van der Waals surface area (Å²) < 4.78 is 5.44. The molecule has 0 radical (unpaired) electrons. The molecule has 1 heterocycles. The first-order valence-electron chi connectivity index (χ1n) is 8.34. The van der Waals surface area contributed by atoms with Gasteiger partial charge >= 0.3 is 6.03 Å². The van der Waals surface area contributed by atoms with Crippen molar-refractivity contribution in [3.05, 3.63) is 53.6 Å². The highest BCUT2D eigenvalue weighted by atomic mass is 35.5. The van der Waals surface area contributed by atoms with Crippen LogP contribution in [0.15, 0.2) is 48.5 Å². The Bertz CT molecular complexity index is 721. The van der Waals surface area contributed by atoms with Crippen LogP contribution in [0.3, 0.4) is 0 Å². The van der Waals surface area contributed by atoms with Crippen LogP contribution in [0.25, 0.3) is 0 Å². The van der Waals surface area contributed by atoms with Crippen LogP contribution < -0.4 is 20.3 Å². The van der Waals surface area contributed by atoms with Gasteiger partial charge in [-0.1, -0.05) is 23.7 Å². The fourth-order valence-electron chi connectivity index (χ4n) is 3.05. The third-order valence-electron chi connectivity index (χ3n) is 4.37. The molecule has 5 nitrogen and oxygen atoms in total. The van der Waals surface area contributed by atoms with E-state index in [4.69, 9.17) is 16.3 Å². The van der Waals surface area contributed by atoms with Gasteiger partial charge in [0.25, 0.3) is 0 Å². The van der Waals surface area contributed by atoms with Crippen LogP contribution in [0.1, 0.15) is 6.42 Å². The zero-order chi connectivity index (χ0) is 17.6. The highest BCUT2D eigenvalue weighted by molar-refractivity contribution is 6.30. The summed E-state index contributed by atoms with van der Waals surface area (Å²) in [6.45, 7) is 2.51. The van der Waals surface area contributed by atoms with Crippen LogP contribution >= 0.6 is 11.6 Å². The van der Waals surface area contributed by atoms with Crippen LogP contribution in [0.2, 0.25) is 5.02 Å². The topological polar surface area (TPSA) is 53.6 Å². The summed E-state index contributed by atoms with van der Waals surface area (Å²) in [6, 6.07) is 14.9. The summed E-state index contributed by atoms with van der Waals surface area (Å²) >= 11 is 5.84. The Morgan fingerprint density at radius 1 is 1.24 bits per heavy atom. The summed E-state index contributed by atoms with van der Waals surface area (Å²) in [6.07, 6.45) is 1.04. The van der Waals surface area contributed by atoms with Gasteiger partial charge in [-0.25, -0.2) is 4.79 Å². The Kier molecular flexibility index (Phi) is 5.66. The number of urea groups is 1. The number of nitrogens with zero attached hydrogens (tertiary/aromatic N) is 1. The number of hydrogen-bond acceptors (Lipinski definition) is 3. The first kappa shape index (κ1) is 17.4. The van der Waals surface area contributed by atoms with Crippen molar-refractivity contribution in [1.29, 1.82) is 0 Å². The summed E-state index contributed by atoms with van der Waals surface area (Å²) in [5.74, 6) is 1.30. The monoisotopic (exact) mass is 359 g/mol. The highest BCUT2D eigenvalue weighted by Crippen LogP contribution is 2.31. The average molecular weight is 360 g/mol. The first-order chi connectivity index (χ1) is 12.2. The maximum atomic E-state index is 12.0. The van der Waals surface area contributed by atoms with Gasteiger partial charge in [-0.2, -0.15) is 0 Å². The minimum atomic E-state index is -0.196. The van der Waals surface area contributed by atoms with Gasteiger partial charge in [0.2, 0.25) is 0 Å². The minimum Gasteiger partial charge on any atom is -0.495 e. The minimum absolute atomic E-state index is 0.196. The lowest BCUT2D eigenvalue weighted by molar-refractivity contribution is 0.250. The van der Waals surface area contributed by atoms with Gasteiger partial charge in [-0.05, 0) is 48.7 Å². The Hall–Kier alpha value is -2.40. The molecule has 25 heavy (non-hydrogen) atoms. The van der Waals surface area contributed by atoms with Crippen molar-refractivity contribution in [2.24, 2.45) is 5.92 Å². The second-order valence-electron chi connectivity index (χ2n) is 6.11. The van der Waals surface area contributed by atoms with Gasteiger partial charge in [0.1, 0.15) is 5.75 Å². The summed E-state index contributed by atoms with van der Waals surface area (Å²) in [5, 5.41) is 6.41. The number of carbonyl (C=O) groups excluding carboxylic acids is 1. The maximum absolute atomic E-state index is 12.0. The molecule has 2 aromatic carbocycles. The molecule has 0 aliphatic carbocycles. The first-order valence-corrected chi connectivity index (χ1v) is 8.72. The highest BCUT2D eigenvalue weighted by Gasteiger charge is 2.24. The van der Waals surface area contributed by atoms with E-state index in [-0.39, 0.29) is 6.03 Å². The van der Waals surface area contributed by atoms with Crippen LogP contribution in [0, 0.1) is 5.92 Å². The Morgan fingerprint density at radius 3 is 2.76 bits per heavy atom. The molecule has 2 N–H and O–H groups in total. The fourth-order valence-corrected chi connectivity index (χ4v) is 3.18. The molecule has 6 heteroatoms. The molecule has 132 valence electrons. The smallest absolute Gasteiger partial charge is 0.319 e. The van der Waals surface area contributed by atoms with E-state index < -0.39 is 0 Å². The van der Waals surface area contributed by atoms with E-state index in [0.29, 0.717) is 17.5 Å². The number of methoxy groups -OCH3 is 1. The van der Waals surface area contributed by atoms with E-state index in [9.17, 15) is 4.79 Å². The largest absolute Gasteiger partial charge is 0.495 e. The van der Waals surface area contributed by atoms with Crippen LogP contribution in [-0.4, -0.2) is 32.8 Å². The second kappa shape index (κ2) is 8.12. The zero-order valence-electron chi connectivity index (χ0n) is 14.2. The molecule has 3 rings (SSSR count). The fraction of sp³-hybridized carbons (Fsp3) is 0.316. The van der Waals surface area contributed by atoms with E-state index >= 15 is 0 Å². The predicted octanol–water partition coefficient (Wildman–Crippen LogP) is 4.00. The number of benzene rings is 2. The van der Waals surface area contributed by atoms with Crippen molar-refractivity contribution in [1.82, 2.24) is 5.32 Å². The molecular formula is C19H22ClN3O2. The van der Waals surface area contributed by atoms with Crippen molar-refractivity contribution < 1.29 is 9.53 Å². The summed E-state index contributed by atoms with van der Waals surface area (Å²) in [5.41, 5.74) is 1.84. The van der Waals surface area contributed by atoms with Crippen molar-refractivity contribution in [3.63, 3.8) is 0 Å².